The Morgan fingerprint density at radius 3 is 2.82 bits per heavy atom. The van der Waals surface area contributed by atoms with Gasteiger partial charge in [-0.25, -0.2) is 0 Å². The predicted octanol–water partition coefficient (Wildman–Crippen LogP) is 3.43. The van der Waals surface area contributed by atoms with Gasteiger partial charge in [-0.15, -0.1) is 0 Å². The number of hydrogen-bond acceptors (Lipinski definition) is 4. The molecule has 0 radical (unpaired) electrons. The minimum Gasteiger partial charge on any atom is -0.504 e. The van der Waals surface area contributed by atoms with E-state index in [2.05, 4.69) is 6.92 Å². The van der Waals surface area contributed by atoms with Gasteiger partial charge < -0.3 is 19.7 Å². The molecule has 1 fully saturated rings. The van der Waals surface area contributed by atoms with E-state index in [1.54, 1.807) is 13.2 Å². The van der Waals surface area contributed by atoms with Crippen LogP contribution < -0.4 is 4.74 Å². The molecule has 0 amide bonds. The van der Waals surface area contributed by atoms with Gasteiger partial charge in [0.2, 0.25) is 0 Å². The number of ether oxygens (including phenoxy) is 2. The van der Waals surface area contributed by atoms with Crippen molar-refractivity contribution in [2.75, 3.05) is 7.11 Å². The third kappa shape index (κ3) is 5.18. The van der Waals surface area contributed by atoms with Crippen LogP contribution in [0.15, 0.2) is 18.2 Å². The number of epoxide rings is 1. The maximum Gasteiger partial charge on any atom is 0.160 e. The molecule has 4 nitrogen and oxygen atoms in total. The number of rotatable bonds is 10. The summed E-state index contributed by atoms with van der Waals surface area (Å²) in [6.45, 7) is 2.17. The predicted molar refractivity (Wildman–Crippen MR) is 86.4 cm³/mol. The third-order valence-corrected chi connectivity index (χ3v) is 4.29. The lowest BCUT2D eigenvalue weighted by Crippen LogP contribution is -2.11. The van der Waals surface area contributed by atoms with Gasteiger partial charge in [-0.2, -0.15) is 0 Å². The molecule has 0 bridgehead atoms. The fraction of sp³-hybridized carbons (Fsp3) is 0.667. The zero-order valence-corrected chi connectivity index (χ0v) is 13.6. The molecule has 1 aromatic carbocycles. The van der Waals surface area contributed by atoms with Crippen LogP contribution >= 0.6 is 0 Å². The summed E-state index contributed by atoms with van der Waals surface area (Å²) in [5.74, 6) is 0.680. The number of methoxy groups -OCH3 is 1. The summed E-state index contributed by atoms with van der Waals surface area (Å²) in [6.07, 6.45) is 7.21. The number of hydrogen-bond donors (Lipinski definition) is 2. The maximum atomic E-state index is 9.96. The summed E-state index contributed by atoms with van der Waals surface area (Å²) < 4.78 is 10.8. The molecule has 2 N–H and O–H groups in total. The fourth-order valence-electron chi connectivity index (χ4n) is 2.84. The van der Waals surface area contributed by atoms with Crippen LogP contribution in [-0.4, -0.2) is 35.6 Å². The molecule has 0 aromatic heterocycles. The van der Waals surface area contributed by atoms with Gasteiger partial charge in [0.15, 0.2) is 11.5 Å². The number of aromatic hydroxyl groups is 1. The average molecular weight is 308 g/mol. The first-order chi connectivity index (χ1) is 10.6. The van der Waals surface area contributed by atoms with Gasteiger partial charge in [-0.1, -0.05) is 32.3 Å². The van der Waals surface area contributed by atoms with Gasteiger partial charge in [-0.05, 0) is 37.0 Å². The van der Waals surface area contributed by atoms with Gasteiger partial charge in [0.1, 0.15) is 0 Å². The van der Waals surface area contributed by atoms with Crippen molar-refractivity contribution in [3.8, 4) is 11.5 Å². The Labute approximate surface area is 133 Å². The van der Waals surface area contributed by atoms with E-state index in [-0.39, 0.29) is 24.1 Å². The smallest absolute Gasteiger partial charge is 0.160 e. The van der Waals surface area contributed by atoms with Gasteiger partial charge in [0.05, 0.1) is 25.4 Å². The summed E-state index contributed by atoms with van der Waals surface area (Å²) in [4.78, 5) is 0. The van der Waals surface area contributed by atoms with E-state index in [9.17, 15) is 10.2 Å². The number of aliphatic hydroxyl groups is 1. The number of benzene rings is 1. The maximum absolute atomic E-state index is 9.96. The zero-order chi connectivity index (χ0) is 15.9. The van der Waals surface area contributed by atoms with Crippen LogP contribution in [0.4, 0.5) is 0 Å². The third-order valence-electron chi connectivity index (χ3n) is 4.29. The lowest BCUT2D eigenvalue weighted by molar-refractivity contribution is 0.139. The summed E-state index contributed by atoms with van der Waals surface area (Å²) >= 11 is 0. The molecule has 3 unspecified atom stereocenters. The summed E-state index contributed by atoms with van der Waals surface area (Å²) in [5, 5.41) is 19.5. The molecular formula is C18H28O4. The van der Waals surface area contributed by atoms with Crippen molar-refractivity contribution in [3.05, 3.63) is 23.8 Å². The van der Waals surface area contributed by atoms with Crippen molar-refractivity contribution in [3.63, 3.8) is 0 Å². The standard InChI is InChI=1S/C18H28O4/c1-3-4-5-6-14(19)12-18-16(22-18)10-8-13-7-9-15(20)17(11-13)21-2/h7,9,11,14,16,18-20H,3-6,8,10,12H2,1-2H3. The molecule has 1 aliphatic heterocycles. The second kappa shape index (κ2) is 8.39. The highest BCUT2D eigenvalue weighted by molar-refractivity contribution is 5.41. The Hall–Kier alpha value is -1.26. The molecule has 1 aliphatic rings. The molecule has 1 saturated heterocycles. The van der Waals surface area contributed by atoms with E-state index in [1.807, 2.05) is 12.1 Å². The fourth-order valence-corrected chi connectivity index (χ4v) is 2.84. The first kappa shape index (κ1) is 17.1. The Kier molecular flexibility index (Phi) is 6.52. The highest BCUT2D eigenvalue weighted by Gasteiger charge is 2.39. The minimum atomic E-state index is -0.227. The topological polar surface area (TPSA) is 62.2 Å². The molecule has 22 heavy (non-hydrogen) atoms. The first-order valence-corrected chi connectivity index (χ1v) is 8.33. The highest BCUT2D eigenvalue weighted by Crippen LogP contribution is 2.33. The van der Waals surface area contributed by atoms with Crippen molar-refractivity contribution in [1.82, 2.24) is 0 Å². The number of aryl methyl sites for hydroxylation is 1. The monoisotopic (exact) mass is 308 g/mol. The molecule has 0 saturated carbocycles. The molecule has 2 rings (SSSR count). The minimum absolute atomic E-state index is 0.169. The van der Waals surface area contributed by atoms with Crippen molar-refractivity contribution in [2.24, 2.45) is 0 Å². The van der Waals surface area contributed by atoms with Crippen molar-refractivity contribution < 1.29 is 19.7 Å². The van der Waals surface area contributed by atoms with Crippen LogP contribution in [-0.2, 0) is 11.2 Å². The van der Waals surface area contributed by atoms with Gasteiger partial charge in [-0.3, -0.25) is 0 Å². The Balaban J connectivity index is 1.67. The molecular weight excluding hydrogens is 280 g/mol. The van der Waals surface area contributed by atoms with Crippen molar-refractivity contribution in [2.45, 2.75) is 70.2 Å². The number of aliphatic hydroxyl groups excluding tert-OH is 1. The van der Waals surface area contributed by atoms with Crippen molar-refractivity contribution >= 4 is 0 Å². The largest absolute Gasteiger partial charge is 0.504 e. The van der Waals surface area contributed by atoms with E-state index in [1.165, 1.54) is 12.8 Å². The second-order valence-electron chi connectivity index (χ2n) is 6.14. The summed E-state index contributed by atoms with van der Waals surface area (Å²) in [7, 11) is 1.55. The Morgan fingerprint density at radius 2 is 2.09 bits per heavy atom. The van der Waals surface area contributed by atoms with E-state index in [0.29, 0.717) is 5.75 Å². The summed E-state index contributed by atoms with van der Waals surface area (Å²) in [5.41, 5.74) is 1.13. The first-order valence-electron chi connectivity index (χ1n) is 8.33. The van der Waals surface area contributed by atoms with Crippen LogP contribution in [0.25, 0.3) is 0 Å². The van der Waals surface area contributed by atoms with Crippen LogP contribution in [0.5, 0.6) is 11.5 Å². The van der Waals surface area contributed by atoms with Crippen LogP contribution in [0.2, 0.25) is 0 Å². The lowest BCUT2D eigenvalue weighted by Gasteiger charge is -2.08. The normalized spacial score (nSPS) is 21.6. The average Bonchev–Trinajstić information content (AvgIpc) is 3.24. The zero-order valence-electron chi connectivity index (χ0n) is 13.6. The highest BCUT2D eigenvalue weighted by atomic mass is 16.6. The molecule has 124 valence electrons. The quantitative estimate of drug-likeness (QED) is 0.513. The van der Waals surface area contributed by atoms with Crippen LogP contribution in [0.3, 0.4) is 0 Å². The van der Waals surface area contributed by atoms with E-state index in [0.717, 1.165) is 37.7 Å². The number of unbranched alkanes of at least 4 members (excludes halogenated alkanes) is 2. The van der Waals surface area contributed by atoms with Crippen molar-refractivity contribution in [1.29, 1.82) is 0 Å². The van der Waals surface area contributed by atoms with Gasteiger partial charge in [0.25, 0.3) is 0 Å². The number of phenolic OH excluding ortho intramolecular Hbond substituents is 1. The lowest BCUT2D eigenvalue weighted by atomic mass is 10.0. The van der Waals surface area contributed by atoms with Gasteiger partial charge >= 0.3 is 0 Å². The van der Waals surface area contributed by atoms with Crippen LogP contribution in [0, 0.1) is 0 Å². The Morgan fingerprint density at radius 1 is 1.27 bits per heavy atom. The SMILES string of the molecule is CCCCCC(O)CC1OC1CCc1ccc(O)c(OC)c1. The van der Waals surface area contributed by atoms with Crippen LogP contribution in [0.1, 0.15) is 51.0 Å². The van der Waals surface area contributed by atoms with Gasteiger partial charge in [0, 0.05) is 6.42 Å². The molecule has 0 spiro atoms. The molecule has 0 aliphatic carbocycles. The molecule has 4 heteroatoms. The number of phenols is 1. The Bertz CT molecular complexity index is 460. The molecule has 3 atom stereocenters. The van der Waals surface area contributed by atoms with E-state index in [4.69, 9.17) is 9.47 Å². The molecule has 1 heterocycles. The van der Waals surface area contributed by atoms with E-state index < -0.39 is 0 Å². The second-order valence-corrected chi connectivity index (χ2v) is 6.14. The summed E-state index contributed by atoms with van der Waals surface area (Å²) in [6, 6.07) is 5.44. The molecule has 1 aromatic rings. The van der Waals surface area contributed by atoms with E-state index >= 15 is 0 Å².